The Kier molecular flexibility index (Phi) is 2.87. The van der Waals surface area contributed by atoms with E-state index in [1.54, 1.807) is 0 Å². The van der Waals surface area contributed by atoms with Crippen LogP contribution in [-0.2, 0) is 13.0 Å². The van der Waals surface area contributed by atoms with Crippen LogP contribution in [0, 0.1) is 29.6 Å². The highest BCUT2D eigenvalue weighted by Crippen LogP contribution is 2.57. The fourth-order valence-corrected chi connectivity index (χ4v) is 5.25. The van der Waals surface area contributed by atoms with Crippen molar-refractivity contribution in [3.05, 3.63) is 11.6 Å². The SMILES string of the molecule is CNCc1nc(CC2C3CC4CC(C3)CC2C4)n[nH]1. The van der Waals surface area contributed by atoms with Crippen LogP contribution in [0.1, 0.15) is 43.8 Å². The summed E-state index contributed by atoms with van der Waals surface area (Å²) in [6.07, 6.45) is 8.61. The Morgan fingerprint density at radius 2 is 1.79 bits per heavy atom. The van der Waals surface area contributed by atoms with Gasteiger partial charge in [0, 0.05) is 6.42 Å². The predicted octanol–water partition coefficient (Wildman–Crippen LogP) is 2.14. The van der Waals surface area contributed by atoms with E-state index in [4.69, 9.17) is 0 Å². The van der Waals surface area contributed by atoms with Gasteiger partial charge >= 0.3 is 0 Å². The van der Waals surface area contributed by atoms with Crippen molar-refractivity contribution >= 4 is 0 Å². The molecule has 0 spiro atoms. The molecule has 0 atom stereocenters. The quantitative estimate of drug-likeness (QED) is 0.872. The van der Waals surface area contributed by atoms with Crippen LogP contribution in [0.3, 0.4) is 0 Å². The highest BCUT2D eigenvalue weighted by Gasteiger charge is 2.48. The zero-order chi connectivity index (χ0) is 12.8. The van der Waals surface area contributed by atoms with Crippen molar-refractivity contribution in [3.63, 3.8) is 0 Å². The van der Waals surface area contributed by atoms with E-state index in [1.807, 2.05) is 7.05 Å². The van der Waals surface area contributed by atoms with Crippen LogP contribution in [-0.4, -0.2) is 22.2 Å². The van der Waals surface area contributed by atoms with Gasteiger partial charge in [0.2, 0.25) is 0 Å². The van der Waals surface area contributed by atoms with Gasteiger partial charge in [0.25, 0.3) is 0 Å². The van der Waals surface area contributed by atoms with Gasteiger partial charge in [-0.1, -0.05) is 0 Å². The molecule has 1 aromatic heterocycles. The summed E-state index contributed by atoms with van der Waals surface area (Å²) in [5.74, 6) is 6.96. The Labute approximate surface area is 114 Å². The molecule has 1 aromatic rings. The molecule has 0 amide bonds. The number of hydrogen-bond acceptors (Lipinski definition) is 3. The summed E-state index contributed by atoms with van der Waals surface area (Å²) in [4.78, 5) is 4.62. The molecule has 19 heavy (non-hydrogen) atoms. The second kappa shape index (κ2) is 4.58. The van der Waals surface area contributed by atoms with Crippen LogP contribution < -0.4 is 5.32 Å². The monoisotopic (exact) mass is 260 g/mol. The summed E-state index contributed by atoms with van der Waals surface area (Å²) < 4.78 is 0. The minimum absolute atomic E-state index is 0.786. The van der Waals surface area contributed by atoms with Crippen molar-refractivity contribution in [1.29, 1.82) is 0 Å². The summed E-state index contributed by atoms with van der Waals surface area (Å²) >= 11 is 0. The highest BCUT2D eigenvalue weighted by atomic mass is 15.2. The van der Waals surface area contributed by atoms with Crippen molar-refractivity contribution in [2.45, 2.75) is 45.1 Å². The van der Waals surface area contributed by atoms with Gasteiger partial charge in [0.1, 0.15) is 5.82 Å². The molecule has 4 aliphatic rings. The molecular weight excluding hydrogens is 236 g/mol. The Morgan fingerprint density at radius 3 is 2.42 bits per heavy atom. The van der Waals surface area contributed by atoms with Crippen molar-refractivity contribution in [2.24, 2.45) is 29.6 Å². The Hall–Kier alpha value is -0.900. The Morgan fingerprint density at radius 1 is 1.11 bits per heavy atom. The van der Waals surface area contributed by atoms with E-state index in [-0.39, 0.29) is 0 Å². The lowest BCUT2D eigenvalue weighted by molar-refractivity contribution is -0.0367. The largest absolute Gasteiger partial charge is 0.313 e. The van der Waals surface area contributed by atoms with E-state index < -0.39 is 0 Å². The highest BCUT2D eigenvalue weighted by molar-refractivity contribution is 5.02. The van der Waals surface area contributed by atoms with E-state index in [0.717, 1.165) is 54.2 Å². The minimum atomic E-state index is 0.786. The second-order valence-electron chi connectivity index (χ2n) is 7.03. The van der Waals surface area contributed by atoms with Gasteiger partial charge in [-0.15, -0.1) is 0 Å². The standard InChI is InChI=1S/C15H24N4/c1-16-8-15-17-14(18-19-15)7-13-11-3-9-2-10(5-11)6-12(13)4-9/h9-13,16H,2-8H2,1H3,(H,17,18,19). The lowest BCUT2D eigenvalue weighted by atomic mass is 9.51. The van der Waals surface area contributed by atoms with Crippen LogP contribution in [0.25, 0.3) is 0 Å². The van der Waals surface area contributed by atoms with Crippen molar-refractivity contribution < 1.29 is 0 Å². The first-order valence-corrected chi connectivity index (χ1v) is 7.86. The molecule has 0 radical (unpaired) electrons. The van der Waals surface area contributed by atoms with E-state index >= 15 is 0 Å². The van der Waals surface area contributed by atoms with Crippen molar-refractivity contribution in [3.8, 4) is 0 Å². The maximum absolute atomic E-state index is 4.62. The summed E-state index contributed by atoms with van der Waals surface area (Å²) in [6, 6.07) is 0. The zero-order valence-corrected chi connectivity index (χ0v) is 11.7. The molecule has 0 unspecified atom stereocenters. The summed E-state index contributed by atoms with van der Waals surface area (Å²) in [7, 11) is 1.94. The first kappa shape index (κ1) is 11.9. The third-order valence-corrected chi connectivity index (χ3v) is 5.76. The number of nitrogens with one attached hydrogen (secondary N) is 2. The first-order chi connectivity index (χ1) is 9.31. The molecule has 4 heteroatoms. The number of nitrogens with zero attached hydrogens (tertiary/aromatic N) is 2. The first-order valence-electron chi connectivity index (χ1n) is 7.86. The number of aromatic nitrogens is 3. The molecule has 5 rings (SSSR count). The fourth-order valence-electron chi connectivity index (χ4n) is 5.25. The van der Waals surface area contributed by atoms with Crippen molar-refractivity contribution in [2.75, 3.05) is 7.05 Å². The minimum Gasteiger partial charge on any atom is -0.313 e. The summed E-state index contributed by atoms with van der Waals surface area (Å²) in [6.45, 7) is 0.786. The van der Waals surface area contributed by atoms with Gasteiger partial charge in [-0.25, -0.2) is 4.98 Å². The topological polar surface area (TPSA) is 53.6 Å². The van der Waals surface area contributed by atoms with Crippen molar-refractivity contribution in [1.82, 2.24) is 20.5 Å². The average molecular weight is 260 g/mol. The third kappa shape index (κ3) is 2.10. The average Bonchev–Trinajstić information content (AvgIpc) is 2.81. The van der Waals surface area contributed by atoms with Gasteiger partial charge in [-0.2, -0.15) is 5.10 Å². The van der Waals surface area contributed by atoms with Gasteiger partial charge < -0.3 is 5.32 Å². The molecule has 4 saturated carbocycles. The molecule has 1 heterocycles. The maximum Gasteiger partial charge on any atom is 0.151 e. The van der Waals surface area contributed by atoms with E-state index in [9.17, 15) is 0 Å². The number of hydrogen-bond donors (Lipinski definition) is 2. The number of aromatic amines is 1. The predicted molar refractivity (Wildman–Crippen MR) is 73.4 cm³/mol. The molecular formula is C15H24N4. The molecule has 4 fully saturated rings. The van der Waals surface area contributed by atoms with Crippen LogP contribution in [0.15, 0.2) is 0 Å². The van der Waals surface area contributed by atoms with Crippen LogP contribution in [0.5, 0.6) is 0 Å². The lowest BCUT2D eigenvalue weighted by Crippen LogP contribution is -2.45. The Balaban J connectivity index is 1.47. The van der Waals surface area contributed by atoms with Gasteiger partial charge in [-0.05, 0) is 68.7 Å². The molecule has 4 nitrogen and oxygen atoms in total. The third-order valence-electron chi connectivity index (χ3n) is 5.76. The zero-order valence-electron chi connectivity index (χ0n) is 11.7. The number of rotatable bonds is 4. The molecule has 4 bridgehead atoms. The molecule has 0 aliphatic heterocycles. The van der Waals surface area contributed by atoms with E-state index in [1.165, 1.54) is 32.1 Å². The van der Waals surface area contributed by atoms with E-state index in [0.29, 0.717) is 0 Å². The fraction of sp³-hybridized carbons (Fsp3) is 0.867. The van der Waals surface area contributed by atoms with Crippen LogP contribution >= 0.6 is 0 Å². The molecule has 4 aliphatic carbocycles. The van der Waals surface area contributed by atoms with E-state index in [2.05, 4.69) is 20.5 Å². The van der Waals surface area contributed by atoms with Crippen LogP contribution in [0.2, 0.25) is 0 Å². The van der Waals surface area contributed by atoms with Crippen LogP contribution in [0.4, 0.5) is 0 Å². The van der Waals surface area contributed by atoms with Gasteiger partial charge in [0.15, 0.2) is 5.82 Å². The molecule has 0 saturated heterocycles. The maximum atomic E-state index is 4.62. The molecule has 2 N–H and O–H groups in total. The number of H-pyrrole nitrogens is 1. The summed E-state index contributed by atoms with van der Waals surface area (Å²) in [5, 5.41) is 10.6. The second-order valence-corrected chi connectivity index (χ2v) is 7.03. The summed E-state index contributed by atoms with van der Waals surface area (Å²) in [5.41, 5.74) is 0. The van der Waals surface area contributed by atoms with Gasteiger partial charge in [0.05, 0.1) is 6.54 Å². The normalized spacial score (nSPS) is 39.9. The molecule has 104 valence electrons. The lowest BCUT2D eigenvalue weighted by Gasteiger charge is -2.54. The Bertz CT molecular complexity index is 425. The molecule has 0 aromatic carbocycles. The smallest absolute Gasteiger partial charge is 0.151 e. The van der Waals surface area contributed by atoms with Gasteiger partial charge in [-0.3, -0.25) is 5.10 Å².